The SMILES string of the molecule is CC(CCS(C)=O)N1C(=O)C2(CC2)NC1c1cccs1. The Morgan fingerprint density at radius 1 is 1.60 bits per heavy atom. The first-order chi connectivity index (χ1) is 9.53. The van der Waals surface area contributed by atoms with Crippen molar-refractivity contribution < 1.29 is 9.00 Å². The van der Waals surface area contributed by atoms with E-state index < -0.39 is 10.8 Å². The lowest BCUT2D eigenvalue weighted by Crippen LogP contribution is -2.39. The molecule has 110 valence electrons. The van der Waals surface area contributed by atoms with Crippen molar-refractivity contribution in [3.05, 3.63) is 22.4 Å². The van der Waals surface area contributed by atoms with E-state index in [9.17, 15) is 9.00 Å². The van der Waals surface area contributed by atoms with E-state index in [1.54, 1.807) is 17.6 Å². The second-order valence-electron chi connectivity index (χ2n) is 5.77. The number of hydrogen-bond donors (Lipinski definition) is 1. The Kier molecular flexibility index (Phi) is 3.73. The van der Waals surface area contributed by atoms with Gasteiger partial charge in [-0.15, -0.1) is 11.3 Å². The van der Waals surface area contributed by atoms with Gasteiger partial charge in [-0.1, -0.05) is 6.07 Å². The summed E-state index contributed by atoms with van der Waals surface area (Å²) in [5.41, 5.74) is -0.297. The van der Waals surface area contributed by atoms with Gasteiger partial charge in [0.2, 0.25) is 5.91 Å². The Morgan fingerprint density at radius 2 is 2.35 bits per heavy atom. The van der Waals surface area contributed by atoms with E-state index in [-0.39, 0.29) is 23.7 Å². The minimum atomic E-state index is -0.805. The van der Waals surface area contributed by atoms with Gasteiger partial charge >= 0.3 is 0 Å². The second kappa shape index (κ2) is 5.24. The second-order valence-corrected chi connectivity index (χ2v) is 8.31. The predicted octanol–water partition coefficient (Wildman–Crippen LogP) is 1.87. The fraction of sp³-hybridized carbons (Fsp3) is 0.643. The number of carbonyl (C=O) groups is 1. The summed E-state index contributed by atoms with van der Waals surface area (Å²) in [6.45, 7) is 2.06. The summed E-state index contributed by atoms with van der Waals surface area (Å²) in [6, 6.07) is 4.22. The van der Waals surface area contributed by atoms with Crippen LogP contribution in [0.4, 0.5) is 0 Å². The molecule has 3 unspecified atom stereocenters. The largest absolute Gasteiger partial charge is 0.318 e. The molecule has 6 heteroatoms. The summed E-state index contributed by atoms with van der Waals surface area (Å²) in [5.74, 6) is 0.875. The molecule has 1 amide bonds. The molecule has 1 N–H and O–H groups in total. The zero-order valence-corrected chi connectivity index (χ0v) is 13.4. The number of amides is 1. The Bertz CT molecular complexity index is 525. The molecular weight excluding hydrogens is 292 g/mol. The van der Waals surface area contributed by atoms with Crippen LogP contribution < -0.4 is 5.32 Å². The van der Waals surface area contributed by atoms with Gasteiger partial charge in [-0.2, -0.15) is 0 Å². The molecule has 4 nitrogen and oxygen atoms in total. The smallest absolute Gasteiger partial charge is 0.244 e. The fourth-order valence-corrected chi connectivity index (χ4v) is 4.27. The van der Waals surface area contributed by atoms with E-state index in [4.69, 9.17) is 0 Å². The number of nitrogens with one attached hydrogen (secondary N) is 1. The molecule has 1 aromatic rings. The molecule has 20 heavy (non-hydrogen) atoms. The fourth-order valence-electron chi connectivity index (χ4n) is 2.83. The standard InChI is InChI=1S/C14H20N2O2S2/c1-10(5-9-20(2)18)16-12(11-4-3-8-19-11)15-14(6-7-14)13(16)17/h3-4,8,10,12,15H,5-7,9H2,1-2H3. The van der Waals surface area contributed by atoms with E-state index in [1.165, 1.54) is 4.88 Å². The van der Waals surface area contributed by atoms with Crippen LogP contribution in [0.1, 0.15) is 37.2 Å². The summed E-state index contributed by atoms with van der Waals surface area (Å²) in [7, 11) is -0.805. The van der Waals surface area contributed by atoms with Crippen LogP contribution in [0.5, 0.6) is 0 Å². The van der Waals surface area contributed by atoms with Crippen LogP contribution >= 0.6 is 11.3 Å². The third kappa shape index (κ3) is 2.44. The maximum absolute atomic E-state index is 12.7. The lowest BCUT2D eigenvalue weighted by molar-refractivity contribution is -0.132. The van der Waals surface area contributed by atoms with Gasteiger partial charge in [0.05, 0.1) is 0 Å². The molecular formula is C14H20N2O2S2. The summed E-state index contributed by atoms with van der Waals surface area (Å²) < 4.78 is 11.3. The van der Waals surface area contributed by atoms with Crippen molar-refractivity contribution in [2.45, 2.75) is 43.9 Å². The van der Waals surface area contributed by atoms with Crippen molar-refractivity contribution in [2.75, 3.05) is 12.0 Å². The molecule has 1 aliphatic heterocycles. The van der Waals surface area contributed by atoms with E-state index >= 15 is 0 Å². The van der Waals surface area contributed by atoms with Crippen molar-refractivity contribution in [2.24, 2.45) is 0 Å². The summed E-state index contributed by atoms with van der Waals surface area (Å²) in [5, 5.41) is 5.57. The molecule has 1 spiro atoms. The van der Waals surface area contributed by atoms with Gasteiger partial charge in [-0.25, -0.2) is 0 Å². The van der Waals surface area contributed by atoms with Crippen molar-refractivity contribution in [3.63, 3.8) is 0 Å². The van der Waals surface area contributed by atoms with Crippen LogP contribution in [0.15, 0.2) is 17.5 Å². The Morgan fingerprint density at radius 3 is 2.90 bits per heavy atom. The van der Waals surface area contributed by atoms with Crippen LogP contribution in [0.2, 0.25) is 0 Å². The van der Waals surface area contributed by atoms with Gasteiger partial charge in [0, 0.05) is 33.7 Å². The number of thiophene rings is 1. The maximum Gasteiger partial charge on any atom is 0.244 e. The number of hydrogen-bond acceptors (Lipinski definition) is 4. The number of nitrogens with zero attached hydrogens (tertiary/aromatic N) is 1. The molecule has 1 aliphatic carbocycles. The number of carbonyl (C=O) groups excluding carboxylic acids is 1. The lowest BCUT2D eigenvalue weighted by atomic mass is 10.2. The van der Waals surface area contributed by atoms with Gasteiger partial charge in [0.15, 0.2) is 0 Å². The molecule has 2 fully saturated rings. The normalized spacial score (nSPS) is 27.0. The van der Waals surface area contributed by atoms with Gasteiger partial charge in [-0.05, 0) is 37.6 Å². The van der Waals surface area contributed by atoms with Crippen molar-refractivity contribution in [3.8, 4) is 0 Å². The van der Waals surface area contributed by atoms with E-state index in [0.717, 1.165) is 19.3 Å². The molecule has 0 radical (unpaired) electrons. The van der Waals surface area contributed by atoms with Crippen LogP contribution in [0.3, 0.4) is 0 Å². The van der Waals surface area contributed by atoms with Gasteiger partial charge in [0.25, 0.3) is 0 Å². The first kappa shape index (κ1) is 14.2. The van der Waals surface area contributed by atoms with Crippen LogP contribution in [-0.2, 0) is 15.6 Å². The predicted molar refractivity (Wildman–Crippen MR) is 82.0 cm³/mol. The molecule has 2 aliphatic rings. The molecule has 3 atom stereocenters. The van der Waals surface area contributed by atoms with E-state index in [1.807, 2.05) is 16.3 Å². The first-order valence-electron chi connectivity index (χ1n) is 6.97. The highest BCUT2D eigenvalue weighted by Gasteiger charge is 2.60. The van der Waals surface area contributed by atoms with Crippen molar-refractivity contribution >= 4 is 28.0 Å². The Labute approximate surface area is 126 Å². The highest BCUT2D eigenvalue weighted by molar-refractivity contribution is 7.84. The third-order valence-electron chi connectivity index (χ3n) is 4.20. The van der Waals surface area contributed by atoms with E-state index in [2.05, 4.69) is 18.3 Å². The molecule has 0 aromatic carbocycles. The quantitative estimate of drug-likeness (QED) is 0.903. The number of rotatable bonds is 5. The Balaban J connectivity index is 1.81. The van der Waals surface area contributed by atoms with Gasteiger partial charge < -0.3 is 4.90 Å². The Hall–Kier alpha value is -0.720. The monoisotopic (exact) mass is 312 g/mol. The average Bonchev–Trinajstić information content (AvgIpc) is 2.87. The zero-order chi connectivity index (χ0) is 14.3. The highest BCUT2D eigenvalue weighted by atomic mass is 32.2. The first-order valence-corrected chi connectivity index (χ1v) is 9.58. The van der Waals surface area contributed by atoms with Crippen LogP contribution in [-0.4, -0.2) is 38.6 Å². The van der Waals surface area contributed by atoms with Crippen molar-refractivity contribution in [1.29, 1.82) is 0 Å². The molecule has 0 bridgehead atoms. The van der Waals surface area contributed by atoms with Crippen molar-refractivity contribution in [1.82, 2.24) is 10.2 Å². The van der Waals surface area contributed by atoms with E-state index in [0.29, 0.717) is 5.75 Å². The summed E-state index contributed by atoms with van der Waals surface area (Å²) >= 11 is 1.68. The minimum absolute atomic E-state index is 0.00899. The van der Waals surface area contributed by atoms with Crippen LogP contribution in [0, 0.1) is 0 Å². The molecule has 1 saturated carbocycles. The summed E-state index contributed by atoms with van der Waals surface area (Å²) in [6.07, 6.45) is 4.38. The maximum atomic E-state index is 12.7. The lowest BCUT2D eigenvalue weighted by Gasteiger charge is -2.29. The van der Waals surface area contributed by atoms with Crippen LogP contribution in [0.25, 0.3) is 0 Å². The average molecular weight is 312 g/mol. The van der Waals surface area contributed by atoms with Gasteiger partial charge in [-0.3, -0.25) is 14.3 Å². The summed E-state index contributed by atoms with van der Waals surface area (Å²) in [4.78, 5) is 15.8. The third-order valence-corrected chi connectivity index (χ3v) is 5.93. The minimum Gasteiger partial charge on any atom is -0.318 e. The molecule has 2 heterocycles. The molecule has 3 rings (SSSR count). The van der Waals surface area contributed by atoms with Gasteiger partial charge in [0.1, 0.15) is 11.7 Å². The molecule has 1 aromatic heterocycles. The zero-order valence-electron chi connectivity index (χ0n) is 11.8. The topological polar surface area (TPSA) is 49.4 Å². The molecule has 1 saturated heterocycles. The highest BCUT2D eigenvalue weighted by Crippen LogP contribution is 2.47.